The minimum absolute atomic E-state index is 0.0869. The molecule has 6 nitrogen and oxygen atoms in total. The van der Waals surface area contributed by atoms with Crippen LogP contribution in [-0.2, 0) is 9.47 Å². The number of esters is 1. The molecule has 1 aromatic carbocycles. The molecule has 1 aliphatic rings. The fourth-order valence-corrected chi connectivity index (χ4v) is 2.59. The third-order valence-electron chi connectivity index (χ3n) is 3.83. The van der Waals surface area contributed by atoms with Crippen molar-refractivity contribution in [1.82, 2.24) is 4.57 Å². The summed E-state index contributed by atoms with van der Waals surface area (Å²) in [5, 5.41) is 3.41. The summed E-state index contributed by atoms with van der Waals surface area (Å²) < 4.78 is 11.7. The second-order valence-electron chi connectivity index (χ2n) is 6.08. The monoisotopic (exact) mass is 328 g/mol. The van der Waals surface area contributed by atoms with Crippen LogP contribution < -0.4 is 10.9 Å². The van der Waals surface area contributed by atoms with E-state index in [9.17, 15) is 9.59 Å². The average molecular weight is 328 g/mol. The van der Waals surface area contributed by atoms with Crippen LogP contribution in [0.1, 0.15) is 24.2 Å². The number of pyridine rings is 1. The van der Waals surface area contributed by atoms with E-state index in [1.165, 1.54) is 22.9 Å². The molecule has 6 heteroatoms. The quantitative estimate of drug-likeness (QED) is 0.852. The van der Waals surface area contributed by atoms with Gasteiger partial charge < -0.3 is 14.8 Å². The van der Waals surface area contributed by atoms with Crippen molar-refractivity contribution in [2.75, 3.05) is 25.1 Å². The van der Waals surface area contributed by atoms with E-state index in [-0.39, 0.29) is 17.7 Å². The molecular formula is C18H20N2O4. The number of nitrogens with zero attached hydrogens (tertiary/aromatic N) is 1. The Kier molecular flexibility index (Phi) is 4.40. The molecule has 1 aromatic heterocycles. The largest absolute Gasteiger partial charge is 0.462 e. The van der Waals surface area contributed by atoms with Crippen LogP contribution in [0.4, 0.5) is 5.69 Å². The van der Waals surface area contributed by atoms with E-state index in [1.807, 2.05) is 24.3 Å². The summed E-state index contributed by atoms with van der Waals surface area (Å²) in [6.07, 6.45) is 1.51. The zero-order valence-electron chi connectivity index (χ0n) is 13.7. The van der Waals surface area contributed by atoms with Crippen molar-refractivity contribution in [3.63, 3.8) is 0 Å². The molecule has 0 saturated carbocycles. The summed E-state index contributed by atoms with van der Waals surface area (Å²) in [6, 6.07) is 10.3. The van der Waals surface area contributed by atoms with Crippen molar-refractivity contribution in [2.24, 2.45) is 0 Å². The molecule has 1 N–H and O–H groups in total. The van der Waals surface area contributed by atoms with Gasteiger partial charge in [-0.2, -0.15) is 0 Å². The van der Waals surface area contributed by atoms with Crippen LogP contribution in [0.15, 0.2) is 47.4 Å². The lowest BCUT2D eigenvalue weighted by Gasteiger charge is -2.39. The molecule has 3 rings (SSSR count). The van der Waals surface area contributed by atoms with Crippen LogP contribution in [0, 0.1) is 0 Å². The number of benzene rings is 1. The molecular weight excluding hydrogens is 308 g/mol. The minimum atomic E-state index is -0.445. The number of carbonyl (C=O) groups is 1. The maximum Gasteiger partial charge on any atom is 0.339 e. The standard InChI is InChI=1S/C18H20N2O4/c1-3-24-17(22)13-7-8-16(21)20(10-13)15-6-4-5-14(9-15)19-18(2)11-23-12-18/h4-10,19H,3,11-12H2,1-2H3. The number of rotatable bonds is 5. The average Bonchev–Trinajstić information content (AvgIpc) is 2.54. The molecule has 0 radical (unpaired) electrons. The van der Waals surface area contributed by atoms with Gasteiger partial charge in [-0.25, -0.2) is 4.79 Å². The van der Waals surface area contributed by atoms with E-state index >= 15 is 0 Å². The normalized spacial score (nSPS) is 15.4. The van der Waals surface area contributed by atoms with E-state index in [4.69, 9.17) is 9.47 Å². The lowest BCUT2D eigenvalue weighted by atomic mass is 10.0. The molecule has 24 heavy (non-hydrogen) atoms. The lowest BCUT2D eigenvalue weighted by molar-refractivity contribution is -0.0318. The third kappa shape index (κ3) is 3.33. The molecule has 0 amide bonds. The van der Waals surface area contributed by atoms with Crippen molar-refractivity contribution < 1.29 is 14.3 Å². The minimum Gasteiger partial charge on any atom is -0.462 e. The summed E-state index contributed by atoms with van der Waals surface area (Å²) >= 11 is 0. The van der Waals surface area contributed by atoms with Crippen LogP contribution in [0.25, 0.3) is 5.69 Å². The molecule has 0 spiro atoms. The number of hydrogen-bond donors (Lipinski definition) is 1. The van der Waals surface area contributed by atoms with E-state index < -0.39 is 5.97 Å². The number of anilines is 1. The van der Waals surface area contributed by atoms with Gasteiger partial charge in [-0.3, -0.25) is 9.36 Å². The zero-order valence-corrected chi connectivity index (χ0v) is 13.7. The van der Waals surface area contributed by atoms with Gasteiger partial charge in [0, 0.05) is 18.0 Å². The maximum atomic E-state index is 12.2. The molecule has 2 heterocycles. The second kappa shape index (κ2) is 6.49. The van der Waals surface area contributed by atoms with Gasteiger partial charge in [0.15, 0.2) is 0 Å². The molecule has 126 valence electrons. The highest BCUT2D eigenvalue weighted by Crippen LogP contribution is 2.24. The molecule has 1 saturated heterocycles. The summed E-state index contributed by atoms with van der Waals surface area (Å²) in [5.74, 6) is -0.445. The van der Waals surface area contributed by atoms with Gasteiger partial charge in [-0.15, -0.1) is 0 Å². The molecule has 2 aromatic rings. The fraction of sp³-hybridized carbons (Fsp3) is 0.333. The Morgan fingerprint density at radius 2 is 2.12 bits per heavy atom. The Morgan fingerprint density at radius 1 is 1.33 bits per heavy atom. The summed E-state index contributed by atoms with van der Waals surface area (Å²) in [5.41, 5.74) is 1.62. The predicted molar refractivity (Wildman–Crippen MR) is 90.8 cm³/mol. The van der Waals surface area contributed by atoms with Gasteiger partial charge >= 0.3 is 5.97 Å². The number of carbonyl (C=O) groups excluding carboxylic acids is 1. The highest BCUT2D eigenvalue weighted by atomic mass is 16.5. The maximum absolute atomic E-state index is 12.2. The SMILES string of the molecule is CCOC(=O)c1ccc(=O)n(-c2cccc(NC3(C)COC3)c2)c1. The van der Waals surface area contributed by atoms with Gasteiger partial charge in [0.05, 0.1) is 36.6 Å². The smallest absolute Gasteiger partial charge is 0.339 e. The van der Waals surface area contributed by atoms with Crippen LogP contribution >= 0.6 is 0 Å². The summed E-state index contributed by atoms with van der Waals surface area (Å²) in [7, 11) is 0. The first-order valence-electron chi connectivity index (χ1n) is 7.87. The summed E-state index contributed by atoms with van der Waals surface area (Å²) in [6.45, 7) is 5.41. The summed E-state index contributed by atoms with van der Waals surface area (Å²) in [4.78, 5) is 24.1. The lowest BCUT2D eigenvalue weighted by Crippen LogP contribution is -2.53. The Bertz CT molecular complexity index is 809. The Morgan fingerprint density at radius 3 is 2.79 bits per heavy atom. The van der Waals surface area contributed by atoms with Crippen LogP contribution in [-0.4, -0.2) is 35.9 Å². The Balaban J connectivity index is 1.92. The number of aromatic nitrogens is 1. The Labute approximate surface area is 140 Å². The van der Waals surface area contributed by atoms with Crippen molar-refractivity contribution in [2.45, 2.75) is 19.4 Å². The van der Waals surface area contributed by atoms with E-state index in [0.29, 0.717) is 24.5 Å². The second-order valence-corrected chi connectivity index (χ2v) is 6.08. The van der Waals surface area contributed by atoms with Gasteiger partial charge in [-0.1, -0.05) is 6.07 Å². The molecule has 1 fully saturated rings. The van der Waals surface area contributed by atoms with E-state index in [2.05, 4.69) is 12.2 Å². The van der Waals surface area contributed by atoms with Gasteiger partial charge in [0.25, 0.3) is 5.56 Å². The Hall–Kier alpha value is -2.60. The molecule has 0 unspecified atom stereocenters. The topological polar surface area (TPSA) is 69.6 Å². The third-order valence-corrected chi connectivity index (χ3v) is 3.83. The van der Waals surface area contributed by atoms with Gasteiger partial charge in [-0.05, 0) is 38.1 Å². The first-order valence-corrected chi connectivity index (χ1v) is 7.87. The number of hydrogen-bond acceptors (Lipinski definition) is 5. The van der Waals surface area contributed by atoms with E-state index in [0.717, 1.165) is 5.69 Å². The van der Waals surface area contributed by atoms with Crippen LogP contribution in [0.3, 0.4) is 0 Å². The fourth-order valence-electron chi connectivity index (χ4n) is 2.59. The van der Waals surface area contributed by atoms with Crippen molar-refractivity contribution >= 4 is 11.7 Å². The van der Waals surface area contributed by atoms with Crippen molar-refractivity contribution in [3.8, 4) is 5.69 Å². The highest BCUT2D eigenvalue weighted by Gasteiger charge is 2.32. The van der Waals surface area contributed by atoms with Crippen molar-refractivity contribution in [3.05, 3.63) is 58.5 Å². The van der Waals surface area contributed by atoms with Gasteiger partial charge in [0.1, 0.15) is 0 Å². The number of nitrogens with one attached hydrogen (secondary N) is 1. The molecule has 0 aliphatic carbocycles. The first kappa shape index (κ1) is 16.3. The predicted octanol–water partition coefficient (Wildman–Crippen LogP) is 2.21. The molecule has 0 atom stereocenters. The number of ether oxygens (including phenoxy) is 2. The van der Waals surface area contributed by atoms with Crippen molar-refractivity contribution in [1.29, 1.82) is 0 Å². The van der Waals surface area contributed by atoms with Gasteiger partial charge in [0.2, 0.25) is 0 Å². The zero-order chi connectivity index (χ0) is 17.2. The highest BCUT2D eigenvalue weighted by molar-refractivity contribution is 5.89. The first-order chi connectivity index (χ1) is 11.5. The molecule has 0 bridgehead atoms. The van der Waals surface area contributed by atoms with E-state index in [1.54, 1.807) is 6.92 Å². The van der Waals surface area contributed by atoms with Crippen LogP contribution in [0.5, 0.6) is 0 Å². The molecule has 1 aliphatic heterocycles. The van der Waals surface area contributed by atoms with Crippen LogP contribution in [0.2, 0.25) is 0 Å².